The molecule has 3 rings (SSSR count). The van der Waals surface area contributed by atoms with Gasteiger partial charge in [0, 0.05) is 28.6 Å². The lowest BCUT2D eigenvalue weighted by Gasteiger charge is -2.36. The monoisotopic (exact) mass is 299 g/mol. The summed E-state index contributed by atoms with van der Waals surface area (Å²) in [5.74, 6) is 4.65. The van der Waals surface area contributed by atoms with Crippen molar-refractivity contribution in [2.24, 2.45) is 17.8 Å². The van der Waals surface area contributed by atoms with Crippen molar-refractivity contribution in [1.82, 2.24) is 9.97 Å². The van der Waals surface area contributed by atoms with Crippen LogP contribution in [-0.4, -0.2) is 20.2 Å². The average Bonchev–Trinajstić information content (AvgIpc) is 2.56. The van der Waals surface area contributed by atoms with Crippen molar-refractivity contribution in [1.29, 1.82) is 0 Å². The number of hydrogen-bond acceptors (Lipinski definition) is 2. The van der Waals surface area contributed by atoms with E-state index >= 15 is 0 Å². The van der Waals surface area contributed by atoms with Crippen molar-refractivity contribution in [2.75, 3.05) is 0 Å². The summed E-state index contributed by atoms with van der Waals surface area (Å²) in [6.07, 6.45) is 15.2. The van der Waals surface area contributed by atoms with Crippen molar-refractivity contribution >= 4 is 10.2 Å². The van der Waals surface area contributed by atoms with Crippen molar-refractivity contribution in [3.05, 3.63) is 23.8 Å². The van der Waals surface area contributed by atoms with Crippen LogP contribution >= 0.6 is 0 Å². The summed E-state index contributed by atoms with van der Waals surface area (Å²) in [5, 5.41) is 0. The van der Waals surface area contributed by atoms with Crippen LogP contribution < -0.4 is 0 Å². The van der Waals surface area contributed by atoms with Gasteiger partial charge in [-0.1, -0.05) is 19.8 Å². The first kappa shape index (κ1) is 15.2. The normalized spacial score (nSPS) is 33.8. The highest BCUT2D eigenvalue weighted by atomic mass is 28.1. The van der Waals surface area contributed by atoms with Gasteiger partial charge in [-0.15, -0.1) is 0 Å². The highest BCUT2D eigenvalue weighted by molar-refractivity contribution is 6.08. The van der Waals surface area contributed by atoms with Gasteiger partial charge in [-0.05, 0) is 67.9 Å². The molecule has 0 bridgehead atoms. The molecule has 2 saturated carbocycles. The Morgan fingerprint density at radius 2 is 1.43 bits per heavy atom. The molecule has 21 heavy (non-hydrogen) atoms. The van der Waals surface area contributed by atoms with E-state index in [1.54, 1.807) is 0 Å². The maximum absolute atomic E-state index is 4.58. The topological polar surface area (TPSA) is 25.8 Å². The molecule has 2 nitrogen and oxygen atoms in total. The maximum atomic E-state index is 4.58. The molecule has 0 aliphatic heterocycles. The Balaban J connectivity index is 1.52. The highest BCUT2D eigenvalue weighted by Gasteiger charge is 2.31. The first-order valence-electron chi connectivity index (χ1n) is 8.71. The van der Waals surface area contributed by atoms with Crippen molar-refractivity contribution < 1.29 is 0 Å². The van der Waals surface area contributed by atoms with Crippen LogP contribution in [0.1, 0.15) is 75.6 Å². The molecular weight excluding hydrogens is 272 g/mol. The van der Waals surface area contributed by atoms with Gasteiger partial charge in [0.2, 0.25) is 0 Å². The molecule has 0 N–H and O–H groups in total. The zero-order valence-electron chi connectivity index (χ0n) is 13.2. The molecule has 3 radical (unpaired) electrons. The third kappa shape index (κ3) is 3.74. The molecule has 0 aromatic carbocycles. The molecule has 0 atom stereocenters. The lowest BCUT2D eigenvalue weighted by molar-refractivity contribution is 0.163. The Morgan fingerprint density at radius 3 is 1.95 bits per heavy atom. The Bertz CT molecular complexity index is 429. The minimum absolute atomic E-state index is 0.604. The molecule has 0 spiro atoms. The molecule has 2 aliphatic carbocycles. The van der Waals surface area contributed by atoms with Gasteiger partial charge in [-0.2, -0.15) is 0 Å². The van der Waals surface area contributed by atoms with Gasteiger partial charge in [0.1, 0.15) is 5.82 Å². The largest absolute Gasteiger partial charge is 0.241 e. The fourth-order valence-corrected chi connectivity index (χ4v) is 4.46. The predicted octanol–water partition coefficient (Wildman–Crippen LogP) is 4.25. The van der Waals surface area contributed by atoms with Gasteiger partial charge in [0.15, 0.2) is 0 Å². The SMILES string of the molecule is CC1CCC(C2CCC(c3ncc(C[Si])cn3)CC2)CC1. The zero-order chi connectivity index (χ0) is 14.7. The predicted molar refractivity (Wildman–Crippen MR) is 87.3 cm³/mol. The molecule has 1 aromatic rings. The van der Waals surface area contributed by atoms with Gasteiger partial charge in [-0.3, -0.25) is 0 Å². The van der Waals surface area contributed by atoms with Crippen molar-refractivity contribution in [3.8, 4) is 0 Å². The van der Waals surface area contributed by atoms with E-state index in [-0.39, 0.29) is 0 Å². The van der Waals surface area contributed by atoms with E-state index in [2.05, 4.69) is 27.1 Å². The van der Waals surface area contributed by atoms with E-state index in [0.29, 0.717) is 5.92 Å². The molecule has 2 fully saturated rings. The van der Waals surface area contributed by atoms with Crippen molar-refractivity contribution in [3.63, 3.8) is 0 Å². The van der Waals surface area contributed by atoms with Crippen LogP contribution in [-0.2, 0) is 6.04 Å². The number of hydrogen-bond donors (Lipinski definition) is 0. The molecular formula is C18H27N2Si. The van der Waals surface area contributed by atoms with Crippen LogP contribution in [0.25, 0.3) is 0 Å². The Morgan fingerprint density at radius 1 is 0.905 bits per heavy atom. The summed E-state index contributed by atoms with van der Waals surface area (Å²) in [6, 6.07) is 0.840. The van der Waals surface area contributed by atoms with Gasteiger partial charge < -0.3 is 0 Å². The number of nitrogens with zero attached hydrogens (tertiary/aromatic N) is 2. The van der Waals surface area contributed by atoms with Crippen molar-refractivity contribution in [2.45, 2.75) is 70.3 Å². The van der Waals surface area contributed by atoms with Crippen LogP contribution in [0, 0.1) is 17.8 Å². The second-order valence-electron chi connectivity index (χ2n) is 7.26. The minimum atomic E-state index is 0.604. The molecule has 3 heteroatoms. The maximum Gasteiger partial charge on any atom is 0.131 e. The molecule has 0 saturated heterocycles. The minimum Gasteiger partial charge on any atom is -0.241 e. The Labute approximate surface area is 132 Å². The molecule has 2 aliphatic rings. The fraction of sp³-hybridized carbons (Fsp3) is 0.778. The summed E-state index contributed by atoms with van der Waals surface area (Å²) in [7, 11) is 3.50. The third-order valence-corrected chi connectivity index (χ3v) is 6.20. The molecule has 1 aromatic heterocycles. The first-order chi connectivity index (χ1) is 10.3. The van der Waals surface area contributed by atoms with E-state index < -0.39 is 0 Å². The standard InChI is InChI=1S/C18H27N2Si/c1-13-2-4-15(5-3-13)16-6-8-17(9-7-16)18-19-10-14(12-21)11-20-18/h10-11,13,15-17H,2-9,12H2,1H3. The van der Waals surface area contributed by atoms with Crippen LogP contribution in [0.15, 0.2) is 12.4 Å². The number of aromatic nitrogens is 2. The number of rotatable bonds is 3. The lowest BCUT2D eigenvalue weighted by Crippen LogP contribution is -2.25. The van der Waals surface area contributed by atoms with E-state index in [0.717, 1.165) is 29.6 Å². The van der Waals surface area contributed by atoms with Crippen LogP contribution in [0.5, 0.6) is 0 Å². The summed E-state index contributed by atoms with van der Waals surface area (Å²) < 4.78 is 0. The third-order valence-electron chi connectivity index (χ3n) is 5.79. The highest BCUT2D eigenvalue weighted by Crippen LogP contribution is 2.43. The van der Waals surface area contributed by atoms with Gasteiger partial charge in [0.25, 0.3) is 0 Å². The van der Waals surface area contributed by atoms with Gasteiger partial charge in [-0.25, -0.2) is 9.97 Å². The molecule has 113 valence electrons. The van der Waals surface area contributed by atoms with Crippen LogP contribution in [0.4, 0.5) is 0 Å². The smallest absolute Gasteiger partial charge is 0.131 e. The summed E-state index contributed by atoms with van der Waals surface area (Å²) in [5.41, 5.74) is 1.17. The second kappa shape index (κ2) is 7.04. The quantitative estimate of drug-likeness (QED) is 0.780. The van der Waals surface area contributed by atoms with Gasteiger partial charge >= 0.3 is 0 Å². The first-order valence-corrected chi connectivity index (χ1v) is 9.42. The fourth-order valence-electron chi connectivity index (χ4n) is 4.27. The molecule has 0 amide bonds. The molecule has 1 heterocycles. The van der Waals surface area contributed by atoms with Gasteiger partial charge in [0.05, 0.1) is 0 Å². The Kier molecular flexibility index (Phi) is 5.09. The summed E-state index contributed by atoms with van der Waals surface area (Å²) in [4.78, 5) is 9.16. The average molecular weight is 300 g/mol. The molecule has 0 unspecified atom stereocenters. The summed E-state index contributed by atoms with van der Waals surface area (Å²) in [6.45, 7) is 2.42. The van der Waals surface area contributed by atoms with E-state index in [9.17, 15) is 0 Å². The van der Waals surface area contributed by atoms with E-state index in [1.165, 1.54) is 56.9 Å². The van der Waals surface area contributed by atoms with Crippen LogP contribution in [0.3, 0.4) is 0 Å². The van der Waals surface area contributed by atoms with Crippen LogP contribution in [0.2, 0.25) is 0 Å². The van der Waals surface area contributed by atoms with E-state index in [4.69, 9.17) is 0 Å². The lowest BCUT2D eigenvalue weighted by atomic mass is 9.69. The summed E-state index contributed by atoms with van der Waals surface area (Å²) >= 11 is 0. The Hall–Kier alpha value is -0.703. The second-order valence-corrected chi connectivity index (χ2v) is 7.61. The zero-order valence-corrected chi connectivity index (χ0v) is 14.2. The van der Waals surface area contributed by atoms with E-state index in [1.807, 2.05) is 12.4 Å².